The van der Waals surface area contributed by atoms with E-state index in [1.807, 2.05) is 0 Å². The van der Waals surface area contributed by atoms with Gasteiger partial charge >= 0.3 is 5.97 Å². The summed E-state index contributed by atoms with van der Waals surface area (Å²) in [5, 5.41) is 8.89. The summed E-state index contributed by atoms with van der Waals surface area (Å²) >= 11 is 3.49. The van der Waals surface area contributed by atoms with Crippen molar-refractivity contribution in [2.24, 2.45) is 0 Å². The maximum Gasteiger partial charge on any atom is 0.354 e. The quantitative estimate of drug-likeness (QED) is 0.823. The maximum atomic E-state index is 11.3. The summed E-state index contributed by atoms with van der Waals surface area (Å²) in [6.45, 7) is 0. The van der Waals surface area contributed by atoms with Crippen LogP contribution in [-0.2, 0) is 0 Å². The fourth-order valence-electron chi connectivity index (χ4n) is 1.38. The van der Waals surface area contributed by atoms with Gasteiger partial charge in [0, 0.05) is 23.3 Å². The van der Waals surface area contributed by atoms with E-state index >= 15 is 0 Å². The van der Waals surface area contributed by atoms with Crippen LogP contribution < -0.4 is 5.56 Å². The molecule has 2 N–H and O–H groups in total. The molecule has 86 valence electrons. The first-order valence-electron chi connectivity index (χ1n) is 4.71. The molecule has 0 bridgehead atoms. The number of nitrogens with zero attached hydrogens (tertiary/aromatic N) is 1. The van der Waals surface area contributed by atoms with E-state index in [-0.39, 0.29) is 10.9 Å². The first-order chi connectivity index (χ1) is 7.66. The number of H-pyrrole nitrogens is 1. The van der Waals surface area contributed by atoms with Crippen LogP contribution in [0.2, 0.25) is 0 Å². The highest BCUT2D eigenvalue weighted by Gasteiger charge is 2.20. The number of carbonyl (C=O) groups is 1. The van der Waals surface area contributed by atoms with E-state index in [0.29, 0.717) is 5.82 Å². The molecule has 0 aromatic carbocycles. The largest absolute Gasteiger partial charge is 0.477 e. The Balaban J connectivity index is 2.32. The molecular weight excluding hydrogens is 248 g/mol. The lowest BCUT2D eigenvalue weighted by atomic mass is 10.3. The third-order valence-electron chi connectivity index (χ3n) is 2.10. The minimum absolute atomic E-state index is 0.0887. The lowest BCUT2D eigenvalue weighted by Gasteiger charge is -2.19. The molecule has 0 amide bonds. The normalized spacial score (nSPS) is 20.6. The first kappa shape index (κ1) is 11.5. The fraction of sp³-hybridized carbons (Fsp3) is 0.444. The third kappa shape index (κ3) is 2.59. The highest BCUT2D eigenvalue weighted by Crippen LogP contribution is 2.34. The van der Waals surface area contributed by atoms with Crippen LogP contribution in [0.4, 0.5) is 0 Å². The van der Waals surface area contributed by atoms with Crippen LogP contribution in [0.3, 0.4) is 0 Å². The SMILES string of the molecule is O=C(O)c1cc(=O)[nH]c(C2CSCCS2)n1. The molecule has 1 saturated heterocycles. The average molecular weight is 258 g/mol. The Kier molecular flexibility index (Phi) is 3.55. The second kappa shape index (κ2) is 4.92. The minimum atomic E-state index is -1.17. The Hall–Kier alpha value is -0.950. The van der Waals surface area contributed by atoms with Crippen molar-refractivity contribution in [3.05, 3.63) is 27.9 Å². The zero-order valence-corrected chi connectivity index (χ0v) is 9.94. The van der Waals surface area contributed by atoms with E-state index in [0.717, 1.165) is 23.3 Å². The molecule has 1 fully saturated rings. The zero-order chi connectivity index (χ0) is 11.5. The molecule has 0 saturated carbocycles. The Morgan fingerprint density at radius 3 is 3.00 bits per heavy atom. The number of hydrogen-bond donors (Lipinski definition) is 2. The van der Waals surface area contributed by atoms with Gasteiger partial charge in [0.15, 0.2) is 5.69 Å². The van der Waals surface area contributed by atoms with E-state index in [9.17, 15) is 9.59 Å². The molecule has 1 aromatic heterocycles. The summed E-state index contributed by atoms with van der Waals surface area (Å²) in [7, 11) is 0. The summed E-state index contributed by atoms with van der Waals surface area (Å²) in [4.78, 5) is 28.6. The Bertz CT molecular complexity index is 454. The first-order valence-corrected chi connectivity index (χ1v) is 6.91. The van der Waals surface area contributed by atoms with Gasteiger partial charge in [-0.1, -0.05) is 0 Å². The number of aromatic nitrogens is 2. The second-order valence-electron chi connectivity index (χ2n) is 3.26. The molecule has 2 heterocycles. The molecule has 0 aliphatic carbocycles. The number of thioether (sulfide) groups is 2. The summed E-state index contributed by atoms with van der Waals surface area (Å²) in [6, 6.07) is 1.01. The van der Waals surface area contributed by atoms with Gasteiger partial charge in [0.1, 0.15) is 5.82 Å². The number of nitrogens with one attached hydrogen (secondary N) is 1. The molecule has 0 radical (unpaired) electrons. The lowest BCUT2D eigenvalue weighted by Crippen LogP contribution is -2.19. The predicted molar refractivity (Wildman–Crippen MR) is 64.3 cm³/mol. The van der Waals surface area contributed by atoms with Crippen molar-refractivity contribution >= 4 is 29.5 Å². The van der Waals surface area contributed by atoms with E-state index in [1.165, 1.54) is 0 Å². The van der Waals surface area contributed by atoms with E-state index in [1.54, 1.807) is 23.5 Å². The van der Waals surface area contributed by atoms with Crippen molar-refractivity contribution in [3.8, 4) is 0 Å². The summed E-state index contributed by atoms with van der Waals surface area (Å²) in [5.41, 5.74) is -0.589. The molecule has 1 atom stereocenters. The summed E-state index contributed by atoms with van der Waals surface area (Å²) in [6.07, 6.45) is 0. The zero-order valence-electron chi connectivity index (χ0n) is 8.30. The van der Waals surface area contributed by atoms with Crippen molar-refractivity contribution in [1.29, 1.82) is 0 Å². The van der Waals surface area contributed by atoms with E-state index < -0.39 is 11.5 Å². The molecule has 1 aromatic rings. The molecule has 16 heavy (non-hydrogen) atoms. The van der Waals surface area contributed by atoms with Crippen molar-refractivity contribution in [2.75, 3.05) is 17.3 Å². The van der Waals surface area contributed by atoms with Crippen molar-refractivity contribution in [3.63, 3.8) is 0 Å². The van der Waals surface area contributed by atoms with E-state index in [2.05, 4.69) is 9.97 Å². The van der Waals surface area contributed by atoms with Gasteiger partial charge in [0.05, 0.1) is 5.25 Å². The Morgan fingerprint density at radius 1 is 1.56 bits per heavy atom. The molecule has 1 unspecified atom stereocenters. The number of aromatic carboxylic acids is 1. The van der Waals surface area contributed by atoms with Gasteiger partial charge in [-0.25, -0.2) is 9.78 Å². The number of carboxylic acids is 1. The predicted octanol–water partition coefficient (Wildman–Crippen LogP) is 0.989. The van der Waals surface area contributed by atoms with Crippen LogP contribution in [0, 0.1) is 0 Å². The van der Waals surface area contributed by atoms with Crippen LogP contribution in [-0.4, -0.2) is 38.3 Å². The van der Waals surface area contributed by atoms with Crippen molar-refractivity contribution < 1.29 is 9.90 Å². The van der Waals surface area contributed by atoms with Gasteiger partial charge in [-0.15, -0.1) is 11.8 Å². The minimum Gasteiger partial charge on any atom is -0.477 e. The van der Waals surface area contributed by atoms with Crippen molar-refractivity contribution in [2.45, 2.75) is 5.25 Å². The molecule has 1 aliphatic rings. The number of aromatic amines is 1. The highest BCUT2D eigenvalue weighted by molar-refractivity contribution is 8.06. The summed E-state index contributed by atoms with van der Waals surface area (Å²) < 4.78 is 0. The Morgan fingerprint density at radius 2 is 2.38 bits per heavy atom. The smallest absolute Gasteiger partial charge is 0.354 e. The maximum absolute atomic E-state index is 11.3. The van der Waals surface area contributed by atoms with Gasteiger partial charge in [0.2, 0.25) is 0 Å². The van der Waals surface area contributed by atoms with Crippen LogP contribution in [0.1, 0.15) is 21.6 Å². The molecular formula is C9H10N2O3S2. The van der Waals surface area contributed by atoms with Crippen LogP contribution >= 0.6 is 23.5 Å². The number of hydrogen-bond acceptors (Lipinski definition) is 5. The van der Waals surface area contributed by atoms with Crippen LogP contribution in [0.15, 0.2) is 10.9 Å². The standard InChI is InChI=1S/C9H10N2O3S2/c12-7-3-5(9(13)14)10-8(11-7)6-4-15-1-2-16-6/h3,6H,1-2,4H2,(H,13,14)(H,10,11,12). The topological polar surface area (TPSA) is 83.0 Å². The average Bonchev–Trinajstić information content (AvgIpc) is 2.29. The third-order valence-corrected chi connectivity index (χ3v) is 4.86. The van der Waals surface area contributed by atoms with Gasteiger partial charge in [0.25, 0.3) is 5.56 Å². The molecule has 7 heteroatoms. The second-order valence-corrected chi connectivity index (χ2v) is 5.72. The number of rotatable bonds is 2. The van der Waals surface area contributed by atoms with Gasteiger partial charge in [-0.3, -0.25) is 4.79 Å². The van der Waals surface area contributed by atoms with Crippen LogP contribution in [0.25, 0.3) is 0 Å². The lowest BCUT2D eigenvalue weighted by molar-refractivity contribution is 0.0689. The Labute approximate surface area is 100 Å². The molecule has 1 aliphatic heterocycles. The number of carboxylic acid groups (broad SMARTS) is 1. The van der Waals surface area contributed by atoms with Gasteiger partial charge < -0.3 is 10.1 Å². The van der Waals surface area contributed by atoms with Crippen molar-refractivity contribution in [1.82, 2.24) is 9.97 Å². The van der Waals surface area contributed by atoms with Crippen LogP contribution in [0.5, 0.6) is 0 Å². The fourth-order valence-corrected chi connectivity index (χ4v) is 4.01. The molecule has 2 rings (SSSR count). The van der Waals surface area contributed by atoms with Gasteiger partial charge in [-0.2, -0.15) is 11.8 Å². The van der Waals surface area contributed by atoms with E-state index in [4.69, 9.17) is 5.11 Å². The molecule has 5 nitrogen and oxygen atoms in total. The van der Waals surface area contributed by atoms with Gasteiger partial charge in [-0.05, 0) is 0 Å². The highest BCUT2D eigenvalue weighted by atomic mass is 32.2. The molecule has 0 spiro atoms. The summed E-state index contributed by atoms with van der Waals surface area (Å²) in [5.74, 6) is 2.25. The monoisotopic (exact) mass is 258 g/mol.